The molecule has 1 aliphatic heterocycles. The van der Waals surface area contributed by atoms with Crippen molar-refractivity contribution in [2.45, 2.75) is 25.8 Å². The Kier molecular flexibility index (Phi) is 4.14. The Hall–Kier alpha value is -1.89. The van der Waals surface area contributed by atoms with Gasteiger partial charge in [-0.3, -0.25) is 9.59 Å². The van der Waals surface area contributed by atoms with Gasteiger partial charge in [-0.2, -0.15) is 0 Å². The van der Waals surface area contributed by atoms with E-state index in [0.717, 1.165) is 6.42 Å². The van der Waals surface area contributed by atoms with Crippen LogP contribution < -0.4 is 10.6 Å². The molecule has 2 fully saturated rings. The summed E-state index contributed by atoms with van der Waals surface area (Å²) in [7, 11) is -3.03. The van der Waals surface area contributed by atoms with Crippen LogP contribution in [0.25, 0.3) is 0 Å². The Morgan fingerprint density at radius 1 is 1.26 bits per heavy atom. The molecular formula is C16H20N2O4S. The van der Waals surface area contributed by atoms with Crippen molar-refractivity contribution in [2.75, 3.05) is 16.8 Å². The molecule has 7 heteroatoms. The van der Waals surface area contributed by atoms with Crippen molar-refractivity contribution in [2.24, 2.45) is 11.8 Å². The molecule has 1 saturated carbocycles. The molecule has 0 radical (unpaired) electrons. The van der Waals surface area contributed by atoms with Crippen molar-refractivity contribution in [1.82, 2.24) is 5.32 Å². The molecule has 0 aromatic heterocycles. The predicted octanol–water partition coefficient (Wildman–Crippen LogP) is 1.20. The molecular weight excluding hydrogens is 316 g/mol. The van der Waals surface area contributed by atoms with Gasteiger partial charge in [0.2, 0.25) is 5.91 Å². The van der Waals surface area contributed by atoms with Gasteiger partial charge in [0.15, 0.2) is 9.84 Å². The first-order valence-corrected chi connectivity index (χ1v) is 9.58. The van der Waals surface area contributed by atoms with Crippen molar-refractivity contribution in [3.63, 3.8) is 0 Å². The normalized spacial score (nSPS) is 28.1. The molecule has 2 amide bonds. The number of anilines is 1. The highest BCUT2D eigenvalue weighted by Gasteiger charge is 2.39. The molecule has 1 aromatic carbocycles. The highest BCUT2D eigenvalue weighted by atomic mass is 32.2. The third-order valence-electron chi connectivity index (χ3n) is 4.41. The number of carbonyl (C=O) groups excluding carboxylic acids is 2. The van der Waals surface area contributed by atoms with E-state index in [4.69, 9.17) is 0 Å². The van der Waals surface area contributed by atoms with Crippen molar-refractivity contribution in [3.8, 4) is 0 Å². The fourth-order valence-electron chi connectivity index (χ4n) is 2.84. The minimum absolute atomic E-state index is 0.00522. The molecule has 124 valence electrons. The first-order chi connectivity index (χ1) is 10.8. The molecule has 0 spiro atoms. The zero-order chi connectivity index (χ0) is 16.6. The SMILES string of the molecule is CC1CC1C(=O)Nc1cccc(C(=O)NC2CCS(=O)(=O)C2)c1. The van der Waals surface area contributed by atoms with Crippen LogP contribution in [0.2, 0.25) is 0 Å². The quantitative estimate of drug-likeness (QED) is 0.864. The Morgan fingerprint density at radius 3 is 2.61 bits per heavy atom. The zero-order valence-electron chi connectivity index (χ0n) is 12.9. The van der Waals surface area contributed by atoms with E-state index >= 15 is 0 Å². The third kappa shape index (κ3) is 3.90. The number of carbonyl (C=O) groups is 2. The smallest absolute Gasteiger partial charge is 0.251 e. The van der Waals surface area contributed by atoms with E-state index in [0.29, 0.717) is 23.6 Å². The summed E-state index contributed by atoms with van der Waals surface area (Å²) in [5.74, 6) is 0.268. The summed E-state index contributed by atoms with van der Waals surface area (Å²) in [6.07, 6.45) is 1.35. The van der Waals surface area contributed by atoms with Crippen LogP contribution in [0, 0.1) is 11.8 Å². The third-order valence-corrected chi connectivity index (χ3v) is 6.17. The van der Waals surface area contributed by atoms with Crippen molar-refractivity contribution >= 4 is 27.3 Å². The molecule has 0 bridgehead atoms. The van der Waals surface area contributed by atoms with Gasteiger partial charge in [-0.1, -0.05) is 13.0 Å². The maximum absolute atomic E-state index is 12.2. The molecule has 3 unspecified atom stereocenters. The number of amides is 2. The van der Waals surface area contributed by atoms with Crippen LogP contribution in [-0.4, -0.2) is 37.8 Å². The largest absolute Gasteiger partial charge is 0.348 e. The van der Waals surface area contributed by atoms with Gasteiger partial charge in [0.05, 0.1) is 11.5 Å². The first-order valence-electron chi connectivity index (χ1n) is 7.76. The lowest BCUT2D eigenvalue weighted by Gasteiger charge is -2.12. The topological polar surface area (TPSA) is 92.3 Å². The number of sulfone groups is 1. The van der Waals surface area contributed by atoms with Crippen molar-refractivity contribution in [1.29, 1.82) is 0 Å². The van der Waals surface area contributed by atoms with E-state index in [2.05, 4.69) is 10.6 Å². The van der Waals surface area contributed by atoms with E-state index in [-0.39, 0.29) is 35.3 Å². The van der Waals surface area contributed by atoms with Gasteiger partial charge in [-0.15, -0.1) is 0 Å². The Labute approximate surface area is 135 Å². The number of rotatable bonds is 4. The molecule has 23 heavy (non-hydrogen) atoms. The van der Waals surface area contributed by atoms with Gasteiger partial charge in [0.25, 0.3) is 5.91 Å². The van der Waals surface area contributed by atoms with Gasteiger partial charge in [0, 0.05) is 23.2 Å². The van der Waals surface area contributed by atoms with Gasteiger partial charge < -0.3 is 10.6 Å². The standard InChI is InChI=1S/C16H20N2O4S/c1-10-7-14(10)16(20)17-12-4-2-3-11(8-12)15(19)18-13-5-6-23(21,22)9-13/h2-4,8,10,13-14H,5-7,9H2,1H3,(H,17,20)(H,18,19). The molecule has 6 nitrogen and oxygen atoms in total. The number of benzene rings is 1. The molecule has 1 aromatic rings. The van der Waals surface area contributed by atoms with E-state index in [1.54, 1.807) is 24.3 Å². The maximum atomic E-state index is 12.2. The molecule has 3 rings (SSSR count). The van der Waals surface area contributed by atoms with Crippen LogP contribution in [0.4, 0.5) is 5.69 Å². The van der Waals surface area contributed by atoms with E-state index in [9.17, 15) is 18.0 Å². The first kappa shape index (κ1) is 16.0. The maximum Gasteiger partial charge on any atom is 0.251 e. The lowest BCUT2D eigenvalue weighted by atomic mass is 10.1. The van der Waals surface area contributed by atoms with Crippen LogP contribution in [-0.2, 0) is 14.6 Å². The summed E-state index contributed by atoms with van der Waals surface area (Å²) in [5.41, 5.74) is 0.997. The van der Waals surface area contributed by atoms with E-state index < -0.39 is 9.84 Å². The highest BCUT2D eigenvalue weighted by molar-refractivity contribution is 7.91. The Balaban J connectivity index is 1.62. The Bertz CT molecular complexity index is 744. The Morgan fingerprint density at radius 2 is 2.00 bits per heavy atom. The van der Waals surface area contributed by atoms with E-state index in [1.165, 1.54) is 0 Å². The molecule has 1 heterocycles. The van der Waals surface area contributed by atoms with E-state index in [1.807, 2.05) is 6.92 Å². The van der Waals surface area contributed by atoms with Crippen molar-refractivity contribution < 1.29 is 18.0 Å². The van der Waals surface area contributed by atoms with Gasteiger partial charge >= 0.3 is 0 Å². The molecule has 1 saturated heterocycles. The zero-order valence-corrected chi connectivity index (χ0v) is 13.7. The summed E-state index contributed by atoms with van der Waals surface area (Å²) in [4.78, 5) is 24.2. The van der Waals surface area contributed by atoms with Gasteiger partial charge in [-0.25, -0.2) is 8.42 Å². The second-order valence-electron chi connectivity index (χ2n) is 6.46. The van der Waals surface area contributed by atoms with Crippen LogP contribution >= 0.6 is 0 Å². The van der Waals surface area contributed by atoms with Crippen LogP contribution in [0.15, 0.2) is 24.3 Å². The molecule has 2 aliphatic rings. The summed E-state index contributed by atoms with van der Waals surface area (Å²) < 4.78 is 22.9. The summed E-state index contributed by atoms with van der Waals surface area (Å²) in [5, 5.41) is 5.56. The second-order valence-corrected chi connectivity index (χ2v) is 8.69. The molecule has 3 atom stereocenters. The number of nitrogens with one attached hydrogen (secondary N) is 2. The average molecular weight is 336 g/mol. The lowest BCUT2D eigenvalue weighted by molar-refractivity contribution is -0.117. The summed E-state index contributed by atoms with van der Waals surface area (Å²) in [6, 6.07) is 6.37. The minimum Gasteiger partial charge on any atom is -0.348 e. The van der Waals surface area contributed by atoms with Crippen molar-refractivity contribution in [3.05, 3.63) is 29.8 Å². The summed E-state index contributed by atoms with van der Waals surface area (Å²) >= 11 is 0. The van der Waals surface area contributed by atoms with Gasteiger partial charge in [0.1, 0.15) is 0 Å². The van der Waals surface area contributed by atoms with Crippen LogP contribution in [0.3, 0.4) is 0 Å². The fourth-order valence-corrected chi connectivity index (χ4v) is 4.51. The molecule has 2 N–H and O–H groups in total. The van der Waals surface area contributed by atoms with Crippen LogP contribution in [0.5, 0.6) is 0 Å². The fraction of sp³-hybridized carbons (Fsp3) is 0.500. The summed E-state index contributed by atoms with van der Waals surface area (Å²) in [6.45, 7) is 2.03. The minimum atomic E-state index is -3.03. The lowest BCUT2D eigenvalue weighted by Crippen LogP contribution is -2.35. The predicted molar refractivity (Wildman–Crippen MR) is 86.9 cm³/mol. The molecule has 1 aliphatic carbocycles. The second kappa shape index (κ2) is 5.96. The highest BCUT2D eigenvalue weighted by Crippen LogP contribution is 2.38. The van der Waals surface area contributed by atoms with Gasteiger partial charge in [-0.05, 0) is 37.0 Å². The monoisotopic (exact) mass is 336 g/mol. The number of hydrogen-bond acceptors (Lipinski definition) is 4. The van der Waals surface area contributed by atoms with Crippen LogP contribution in [0.1, 0.15) is 30.1 Å². The number of hydrogen-bond donors (Lipinski definition) is 2. The average Bonchev–Trinajstić information content (AvgIpc) is 3.12.